The summed E-state index contributed by atoms with van der Waals surface area (Å²) in [4.78, 5) is 28.8. The Labute approximate surface area is 154 Å². The molecule has 0 N–H and O–H groups in total. The van der Waals surface area contributed by atoms with Crippen molar-refractivity contribution in [3.63, 3.8) is 0 Å². The number of aliphatic imine (C=N–C) groups is 2. The van der Waals surface area contributed by atoms with E-state index in [1.54, 1.807) is 12.2 Å². The van der Waals surface area contributed by atoms with E-state index < -0.39 is 7.14 Å². The summed E-state index contributed by atoms with van der Waals surface area (Å²) in [7, 11) is -2.59. The van der Waals surface area contributed by atoms with Crippen molar-refractivity contribution < 1.29 is 14.2 Å². The number of hydrogen-bond acceptors (Lipinski definition) is 5. The fraction of sp³-hybridized carbons (Fsp3) is 0.600. The quantitative estimate of drug-likeness (QED) is 0.446. The van der Waals surface area contributed by atoms with Crippen LogP contribution in [0.1, 0.15) is 51.4 Å². The maximum absolute atomic E-state index is 14.4. The van der Waals surface area contributed by atoms with Gasteiger partial charge in [-0.3, -0.25) is 0 Å². The molecule has 0 unspecified atom stereocenters. The molecule has 1 aromatic rings. The zero-order valence-electron chi connectivity index (χ0n) is 14.9. The number of benzene rings is 1. The molecule has 0 aromatic heterocycles. The van der Waals surface area contributed by atoms with Gasteiger partial charge in [-0.2, -0.15) is 0 Å². The minimum absolute atomic E-state index is 0.0330. The van der Waals surface area contributed by atoms with Crippen LogP contribution in [0.4, 0.5) is 0 Å². The average molecular weight is 372 g/mol. The van der Waals surface area contributed by atoms with Crippen LogP contribution >= 0.6 is 7.14 Å². The number of nitrogens with zero attached hydrogens (tertiary/aromatic N) is 2. The molecule has 0 amide bonds. The molecule has 2 aliphatic carbocycles. The molecule has 0 radical (unpaired) electrons. The van der Waals surface area contributed by atoms with E-state index >= 15 is 0 Å². The third kappa shape index (κ3) is 3.96. The van der Waals surface area contributed by atoms with Crippen molar-refractivity contribution in [1.29, 1.82) is 0 Å². The largest absolute Gasteiger partial charge is 0.318 e. The molecule has 1 aromatic carbocycles. The number of isocyanates is 2. The Hall–Kier alpha value is -1.79. The summed E-state index contributed by atoms with van der Waals surface area (Å²) in [6.45, 7) is 0. The Morgan fingerprint density at radius 2 is 1.15 bits per heavy atom. The minimum Gasteiger partial charge on any atom is -0.318 e. The highest BCUT2D eigenvalue weighted by Gasteiger charge is 2.44. The van der Waals surface area contributed by atoms with E-state index in [1.807, 2.05) is 30.3 Å². The lowest BCUT2D eigenvalue weighted by Gasteiger charge is -2.40. The third-order valence-corrected chi connectivity index (χ3v) is 10.4. The van der Waals surface area contributed by atoms with E-state index in [0.29, 0.717) is 0 Å². The van der Waals surface area contributed by atoms with Crippen LogP contribution in [-0.4, -0.2) is 35.6 Å². The highest BCUT2D eigenvalue weighted by atomic mass is 31.2. The first-order chi connectivity index (χ1) is 12.7. The summed E-state index contributed by atoms with van der Waals surface area (Å²) in [5.74, 6) is 0. The second kappa shape index (κ2) is 8.73. The first-order valence-corrected chi connectivity index (χ1v) is 11.3. The maximum atomic E-state index is 14.4. The van der Waals surface area contributed by atoms with E-state index in [2.05, 4.69) is 9.98 Å². The van der Waals surface area contributed by atoms with Gasteiger partial charge in [0.1, 0.15) is 7.14 Å². The van der Waals surface area contributed by atoms with E-state index in [0.717, 1.165) is 56.7 Å². The summed E-state index contributed by atoms with van der Waals surface area (Å²) in [6.07, 6.45) is 9.93. The predicted molar refractivity (Wildman–Crippen MR) is 102 cm³/mol. The fourth-order valence-corrected chi connectivity index (χ4v) is 8.88. The summed E-state index contributed by atoms with van der Waals surface area (Å²) >= 11 is 0. The van der Waals surface area contributed by atoms with Crippen molar-refractivity contribution in [2.45, 2.75) is 74.8 Å². The van der Waals surface area contributed by atoms with Gasteiger partial charge in [-0.25, -0.2) is 19.6 Å². The van der Waals surface area contributed by atoms with Crippen LogP contribution in [0, 0.1) is 0 Å². The van der Waals surface area contributed by atoms with Crippen LogP contribution in [0.2, 0.25) is 0 Å². The molecular formula is C20H25N2O3P. The van der Waals surface area contributed by atoms with Crippen LogP contribution in [0.15, 0.2) is 40.3 Å². The van der Waals surface area contributed by atoms with Crippen molar-refractivity contribution in [1.82, 2.24) is 0 Å². The second-order valence-electron chi connectivity index (χ2n) is 7.41. The smallest absolute Gasteiger partial charge is 0.235 e. The molecule has 5 nitrogen and oxygen atoms in total. The summed E-state index contributed by atoms with van der Waals surface area (Å²) in [5, 5.41) is 0.977. The first-order valence-electron chi connectivity index (χ1n) is 9.47. The predicted octanol–water partition coefficient (Wildman–Crippen LogP) is 3.97. The molecule has 2 aliphatic rings. The highest BCUT2D eigenvalue weighted by Crippen LogP contribution is 2.61. The lowest BCUT2D eigenvalue weighted by molar-refractivity contribution is 0.408. The van der Waals surface area contributed by atoms with Crippen molar-refractivity contribution in [2.24, 2.45) is 9.98 Å². The number of carbonyl (C=O) groups excluding carboxylic acids is 2. The minimum atomic E-state index is -2.59. The summed E-state index contributed by atoms with van der Waals surface area (Å²) in [5.41, 5.74) is 0.304. The zero-order chi connectivity index (χ0) is 18.4. The maximum Gasteiger partial charge on any atom is 0.235 e. The molecule has 138 valence electrons. The van der Waals surface area contributed by atoms with E-state index in [4.69, 9.17) is 0 Å². The Morgan fingerprint density at radius 3 is 1.54 bits per heavy atom. The normalized spacial score (nSPS) is 31.1. The molecule has 2 fully saturated rings. The lowest BCUT2D eigenvalue weighted by atomic mass is 9.95. The van der Waals surface area contributed by atoms with Gasteiger partial charge in [0.05, 0.1) is 12.1 Å². The molecule has 2 saturated carbocycles. The van der Waals surface area contributed by atoms with Gasteiger partial charge in [0, 0.05) is 16.6 Å². The molecule has 0 aliphatic heterocycles. The molecule has 0 saturated heterocycles. The second-order valence-corrected chi connectivity index (χ2v) is 10.8. The molecular weight excluding hydrogens is 347 g/mol. The van der Waals surface area contributed by atoms with Crippen molar-refractivity contribution in [3.8, 4) is 0 Å². The lowest BCUT2D eigenvalue weighted by Crippen LogP contribution is -2.33. The Bertz CT molecular complexity index is 696. The Balaban J connectivity index is 1.83. The highest BCUT2D eigenvalue weighted by molar-refractivity contribution is 7.73. The third-order valence-electron chi connectivity index (χ3n) is 6.05. The molecule has 0 bridgehead atoms. The van der Waals surface area contributed by atoms with Crippen LogP contribution in [-0.2, 0) is 14.2 Å². The molecule has 3 rings (SSSR count). The molecule has 0 spiro atoms. The topological polar surface area (TPSA) is 75.9 Å². The zero-order valence-corrected chi connectivity index (χ0v) is 15.8. The van der Waals surface area contributed by atoms with Gasteiger partial charge in [0.2, 0.25) is 12.2 Å². The molecule has 6 heteroatoms. The summed E-state index contributed by atoms with van der Waals surface area (Å²) < 4.78 is 14.4. The SMILES string of the molecule is O=C=NC1CCC(P(=O)(c2ccccc2)C2CCC(N=C=O)CC2)CC1. The molecule has 0 atom stereocenters. The van der Waals surface area contributed by atoms with Gasteiger partial charge in [-0.05, 0) is 51.4 Å². The van der Waals surface area contributed by atoms with Gasteiger partial charge < -0.3 is 4.57 Å². The standard InChI is InChI=1S/C20H25N2O3P/c23-14-21-16-6-10-19(11-7-16)26(25,18-4-2-1-3-5-18)20-12-8-17(9-13-20)22-15-24/h1-5,16-17,19-20H,6-13H2. The Morgan fingerprint density at radius 1 is 0.731 bits per heavy atom. The van der Waals surface area contributed by atoms with Crippen LogP contribution in [0.5, 0.6) is 0 Å². The van der Waals surface area contributed by atoms with Crippen molar-refractivity contribution in [2.75, 3.05) is 0 Å². The van der Waals surface area contributed by atoms with Crippen LogP contribution in [0.25, 0.3) is 0 Å². The van der Waals surface area contributed by atoms with E-state index in [9.17, 15) is 14.2 Å². The van der Waals surface area contributed by atoms with Crippen molar-refractivity contribution >= 4 is 24.6 Å². The first kappa shape index (κ1) is 19.0. The van der Waals surface area contributed by atoms with Gasteiger partial charge in [0.15, 0.2) is 0 Å². The monoisotopic (exact) mass is 372 g/mol. The van der Waals surface area contributed by atoms with Crippen LogP contribution in [0.3, 0.4) is 0 Å². The average Bonchev–Trinajstić information content (AvgIpc) is 2.70. The van der Waals surface area contributed by atoms with Gasteiger partial charge in [-0.1, -0.05) is 30.3 Å². The summed E-state index contributed by atoms with van der Waals surface area (Å²) in [6, 6.07) is 9.97. The Kier molecular flexibility index (Phi) is 6.38. The molecule has 26 heavy (non-hydrogen) atoms. The number of hydrogen-bond donors (Lipinski definition) is 0. The number of rotatable bonds is 5. The molecule has 0 heterocycles. The van der Waals surface area contributed by atoms with Gasteiger partial charge in [0.25, 0.3) is 0 Å². The van der Waals surface area contributed by atoms with E-state index in [-0.39, 0.29) is 23.4 Å². The van der Waals surface area contributed by atoms with Crippen LogP contribution < -0.4 is 5.30 Å². The van der Waals surface area contributed by atoms with E-state index in [1.165, 1.54) is 0 Å². The van der Waals surface area contributed by atoms with Crippen molar-refractivity contribution in [3.05, 3.63) is 30.3 Å². The van der Waals surface area contributed by atoms with Gasteiger partial charge >= 0.3 is 0 Å². The fourth-order valence-electron chi connectivity index (χ4n) is 4.67. The van der Waals surface area contributed by atoms with Gasteiger partial charge in [-0.15, -0.1) is 0 Å².